The minimum absolute atomic E-state index is 0.482. The molecule has 1 aromatic rings. The summed E-state index contributed by atoms with van der Waals surface area (Å²) >= 11 is 0. The van der Waals surface area contributed by atoms with E-state index in [0.29, 0.717) is 11.9 Å². The summed E-state index contributed by atoms with van der Waals surface area (Å²) in [6.07, 6.45) is 5.84. The molecular formula is C9H14N4. The number of aromatic nitrogens is 2. The third-order valence-corrected chi connectivity index (χ3v) is 2.51. The van der Waals surface area contributed by atoms with Crippen LogP contribution in [0.2, 0.25) is 0 Å². The molecule has 0 aliphatic carbocycles. The number of rotatable bonds is 1. The molecule has 4 heteroatoms. The van der Waals surface area contributed by atoms with Crippen LogP contribution in [0.1, 0.15) is 19.8 Å². The van der Waals surface area contributed by atoms with Gasteiger partial charge in [-0.3, -0.25) is 0 Å². The summed E-state index contributed by atoms with van der Waals surface area (Å²) in [5, 5.41) is 0. The van der Waals surface area contributed by atoms with E-state index in [0.717, 1.165) is 12.4 Å². The molecule has 1 aliphatic heterocycles. The number of hydrogen-bond donors (Lipinski definition) is 1. The molecule has 0 radical (unpaired) electrons. The lowest BCUT2D eigenvalue weighted by atomic mass is 10.2. The minimum atomic E-state index is 0.482. The fourth-order valence-corrected chi connectivity index (χ4v) is 1.75. The zero-order chi connectivity index (χ0) is 9.26. The van der Waals surface area contributed by atoms with Crippen LogP contribution in [0.3, 0.4) is 0 Å². The number of nitrogens with two attached hydrogens (primary N) is 1. The molecule has 70 valence electrons. The summed E-state index contributed by atoms with van der Waals surface area (Å²) in [4.78, 5) is 10.6. The first kappa shape index (κ1) is 8.29. The van der Waals surface area contributed by atoms with E-state index in [2.05, 4.69) is 21.8 Å². The maximum Gasteiger partial charge on any atom is 0.147 e. The fraction of sp³-hybridized carbons (Fsp3) is 0.556. The van der Waals surface area contributed by atoms with Crippen LogP contribution < -0.4 is 10.6 Å². The molecule has 2 rings (SSSR count). The SMILES string of the molecule is C[C@@H]1CCCN1c1cnc(N)cn1. The van der Waals surface area contributed by atoms with Crippen LogP contribution >= 0.6 is 0 Å². The van der Waals surface area contributed by atoms with E-state index in [-0.39, 0.29) is 0 Å². The molecule has 2 heterocycles. The van der Waals surface area contributed by atoms with Crippen molar-refractivity contribution < 1.29 is 0 Å². The van der Waals surface area contributed by atoms with Crippen molar-refractivity contribution in [2.24, 2.45) is 0 Å². The fourth-order valence-electron chi connectivity index (χ4n) is 1.75. The van der Waals surface area contributed by atoms with Gasteiger partial charge >= 0.3 is 0 Å². The van der Waals surface area contributed by atoms with Gasteiger partial charge in [-0.15, -0.1) is 0 Å². The monoisotopic (exact) mass is 178 g/mol. The van der Waals surface area contributed by atoms with E-state index in [9.17, 15) is 0 Å². The molecule has 1 fully saturated rings. The van der Waals surface area contributed by atoms with E-state index < -0.39 is 0 Å². The Bertz CT molecular complexity index is 282. The summed E-state index contributed by atoms with van der Waals surface area (Å²) in [5.41, 5.74) is 5.47. The molecule has 1 aromatic heterocycles. The normalized spacial score (nSPS) is 22.2. The molecule has 4 nitrogen and oxygen atoms in total. The molecule has 13 heavy (non-hydrogen) atoms. The minimum Gasteiger partial charge on any atom is -0.382 e. The van der Waals surface area contributed by atoms with Gasteiger partial charge in [-0.25, -0.2) is 9.97 Å². The van der Waals surface area contributed by atoms with E-state index in [1.807, 2.05) is 0 Å². The molecule has 2 N–H and O–H groups in total. The third kappa shape index (κ3) is 1.56. The van der Waals surface area contributed by atoms with Crippen LogP contribution in [0.15, 0.2) is 12.4 Å². The second-order valence-electron chi connectivity index (χ2n) is 3.48. The Morgan fingerprint density at radius 3 is 2.85 bits per heavy atom. The second-order valence-corrected chi connectivity index (χ2v) is 3.48. The second kappa shape index (κ2) is 3.20. The van der Waals surface area contributed by atoms with Crippen LogP contribution in [0, 0.1) is 0 Å². The maximum absolute atomic E-state index is 5.47. The average Bonchev–Trinajstić information content (AvgIpc) is 2.53. The van der Waals surface area contributed by atoms with Crippen LogP contribution in [0.4, 0.5) is 11.6 Å². The van der Waals surface area contributed by atoms with Crippen molar-refractivity contribution in [2.75, 3.05) is 17.2 Å². The molecule has 0 unspecified atom stereocenters. The lowest BCUT2D eigenvalue weighted by Gasteiger charge is -2.21. The molecule has 0 aromatic carbocycles. The van der Waals surface area contributed by atoms with Gasteiger partial charge in [0.1, 0.15) is 11.6 Å². The van der Waals surface area contributed by atoms with E-state index in [1.54, 1.807) is 12.4 Å². The van der Waals surface area contributed by atoms with Crippen LogP contribution in [0.25, 0.3) is 0 Å². The Hall–Kier alpha value is -1.32. The van der Waals surface area contributed by atoms with Crippen molar-refractivity contribution in [3.63, 3.8) is 0 Å². The molecule has 1 saturated heterocycles. The van der Waals surface area contributed by atoms with E-state index in [1.165, 1.54) is 12.8 Å². The summed E-state index contributed by atoms with van der Waals surface area (Å²) < 4.78 is 0. The van der Waals surface area contributed by atoms with Crippen LogP contribution in [0.5, 0.6) is 0 Å². The molecule has 0 bridgehead atoms. The van der Waals surface area contributed by atoms with Gasteiger partial charge in [-0.2, -0.15) is 0 Å². The van der Waals surface area contributed by atoms with Gasteiger partial charge in [-0.1, -0.05) is 0 Å². The largest absolute Gasteiger partial charge is 0.382 e. The van der Waals surface area contributed by atoms with Gasteiger partial charge in [0.2, 0.25) is 0 Å². The standard InChI is InChI=1S/C9H14N4/c1-7-3-2-4-13(7)9-6-11-8(10)5-12-9/h5-7H,2-4H2,1H3,(H2,10,11)/t7-/m1/s1. The first-order chi connectivity index (χ1) is 6.27. The Morgan fingerprint density at radius 1 is 1.46 bits per heavy atom. The highest BCUT2D eigenvalue weighted by Crippen LogP contribution is 2.22. The lowest BCUT2D eigenvalue weighted by Crippen LogP contribution is -2.27. The highest BCUT2D eigenvalue weighted by Gasteiger charge is 2.21. The van der Waals surface area contributed by atoms with Crippen molar-refractivity contribution in [1.29, 1.82) is 0 Å². The van der Waals surface area contributed by atoms with Gasteiger partial charge in [0.05, 0.1) is 12.4 Å². The zero-order valence-corrected chi connectivity index (χ0v) is 7.77. The van der Waals surface area contributed by atoms with Gasteiger partial charge in [0, 0.05) is 12.6 Å². The predicted octanol–water partition coefficient (Wildman–Crippen LogP) is 1.05. The van der Waals surface area contributed by atoms with Crippen molar-refractivity contribution >= 4 is 11.6 Å². The van der Waals surface area contributed by atoms with Crippen molar-refractivity contribution in [3.05, 3.63) is 12.4 Å². The van der Waals surface area contributed by atoms with Gasteiger partial charge in [0.15, 0.2) is 0 Å². The van der Waals surface area contributed by atoms with Gasteiger partial charge < -0.3 is 10.6 Å². The smallest absolute Gasteiger partial charge is 0.147 e. The topological polar surface area (TPSA) is 55.0 Å². The van der Waals surface area contributed by atoms with Gasteiger partial charge in [-0.05, 0) is 19.8 Å². The first-order valence-electron chi connectivity index (χ1n) is 4.61. The molecule has 0 saturated carbocycles. The Morgan fingerprint density at radius 2 is 2.31 bits per heavy atom. The average molecular weight is 178 g/mol. The zero-order valence-electron chi connectivity index (χ0n) is 7.77. The molecular weight excluding hydrogens is 164 g/mol. The molecule has 1 atom stereocenters. The third-order valence-electron chi connectivity index (χ3n) is 2.51. The lowest BCUT2D eigenvalue weighted by molar-refractivity contribution is 0.725. The highest BCUT2D eigenvalue weighted by atomic mass is 15.2. The number of nitrogen functional groups attached to an aromatic ring is 1. The summed E-state index contributed by atoms with van der Waals surface area (Å²) in [7, 11) is 0. The highest BCUT2D eigenvalue weighted by molar-refractivity contribution is 5.41. The predicted molar refractivity (Wildman–Crippen MR) is 52.5 cm³/mol. The quantitative estimate of drug-likeness (QED) is 0.698. The summed E-state index contributed by atoms with van der Waals surface area (Å²) in [6, 6.07) is 0.581. The Kier molecular flexibility index (Phi) is 2.04. The van der Waals surface area contributed by atoms with Crippen molar-refractivity contribution in [2.45, 2.75) is 25.8 Å². The van der Waals surface area contributed by atoms with E-state index in [4.69, 9.17) is 5.73 Å². The summed E-state index contributed by atoms with van der Waals surface area (Å²) in [6.45, 7) is 3.30. The maximum atomic E-state index is 5.47. The number of nitrogens with zero attached hydrogens (tertiary/aromatic N) is 3. The van der Waals surface area contributed by atoms with Crippen LogP contribution in [-0.2, 0) is 0 Å². The first-order valence-corrected chi connectivity index (χ1v) is 4.61. The van der Waals surface area contributed by atoms with Gasteiger partial charge in [0.25, 0.3) is 0 Å². The molecule has 1 aliphatic rings. The number of hydrogen-bond acceptors (Lipinski definition) is 4. The summed E-state index contributed by atoms with van der Waals surface area (Å²) in [5.74, 6) is 1.43. The Labute approximate surface area is 77.8 Å². The van der Waals surface area contributed by atoms with Crippen LogP contribution in [-0.4, -0.2) is 22.6 Å². The Balaban J connectivity index is 2.20. The number of anilines is 2. The van der Waals surface area contributed by atoms with Crippen molar-refractivity contribution in [1.82, 2.24) is 9.97 Å². The van der Waals surface area contributed by atoms with E-state index >= 15 is 0 Å². The molecule has 0 spiro atoms. The molecule has 0 amide bonds. The van der Waals surface area contributed by atoms with Crippen molar-refractivity contribution in [3.8, 4) is 0 Å².